The van der Waals surface area contributed by atoms with E-state index in [1.165, 1.54) is 0 Å². The number of hydrogen-bond acceptors (Lipinski definition) is 2. The number of benzene rings is 1. The van der Waals surface area contributed by atoms with E-state index in [9.17, 15) is 0 Å². The molecule has 6 nitrogen and oxygen atoms in total. The van der Waals surface area contributed by atoms with E-state index in [1.807, 2.05) is 31.2 Å². The zero-order valence-electron chi connectivity index (χ0n) is 8.28. The molecule has 1 aromatic carbocycles. The van der Waals surface area contributed by atoms with E-state index in [4.69, 9.17) is 11.1 Å². The standard InChI is InChI=1S/C9H10N6/c1-7-4-2-3-5-8(7)9(13-15-11)6-12-14-10/h2-5,9H,6H2,1H3. The minimum absolute atomic E-state index is 0.144. The van der Waals surface area contributed by atoms with Gasteiger partial charge < -0.3 is 0 Å². The highest BCUT2D eigenvalue weighted by atomic mass is 15.2. The summed E-state index contributed by atoms with van der Waals surface area (Å²) >= 11 is 0. The van der Waals surface area contributed by atoms with Crippen LogP contribution in [-0.2, 0) is 0 Å². The maximum Gasteiger partial charge on any atom is 0.0683 e. The molecular weight excluding hydrogens is 192 g/mol. The molecule has 0 amide bonds. The van der Waals surface area contributed by atoms with Crippen LogP contribution in [0, 0.1) is 6.92 Å². The van der Waals surface area contributed by atoms with Gasteiger partial charge in [-0.1, -0.05) is 34.5 Å². The second kappa shape index (κ2) is 5.54. The van der Waals surface area contributed by atoms with Gasteiger partial charge in [-0.05, 0) is 29.1 Å². The Hall–Kier alpha value is -2.16. The molecule has 0 saturated heterocycles. The first-order valence-electron chi connectivity index (χ1n) is 4.40. The minimum Gasteiger partial charge on any atom is -0.0932 e. The van der Waals surface area contributed by atoms with Crippen LogP contribution in [0.4, 0.5) is 0 Å². The first-order valence-corrected chi connectivity index (χ1v) is 4.40. The lowest BCUT2D eigenvalue weighted by Gasteiger charge is -2.10. The maximum atomic E-state index is 8.41. The summed E-state index contributed by atoms with van der Waals surface area (Å²) in [6.07, 6.45) is 0. The van der Waals surface area contributed by atoms with Crippen LogP contribution >= 0.6 is 0 Å². The lowest BCUT2D eigenvalue weighted by atomic mass is 10.0. The average Bonchev–Trinajstić information content (AvgIpc) is 2.25. The van der Waals surface area contributed by atoms with Gasteiger partial charge in [0.15, 0.2) is 0 Å². The summed E-state index contributed by atoms with van der Waals surface area (Å²) in [5.41, 5.74) is 18.5. The van der Waals surface area contributed by atoms with Gasteiger partial charge in [0.05, 0.1) is 6.04 Å². The maximum absolute atomic E-state index is 8.41. The van der Waals surface area contributed by atoms with Crippen molar-refractivity contribution >= 4 is 0 Å². The summed E-state index contributed by atoms with van der Waals surface area (Å²) in [7, 11) is 0. The Labute approximate surface area is 86.8 Å². The Morgan fingerprint density at radius 3 is 2.60 bits per heavy atom. The van der Waals surface area contributed by atoms with Crippen molar-refractivity contribution in [1.82, 2.24) is 0 Å². The fourth-order valence-electron chi connectivity index (χ4n) is 1.33. The van der Waals surface area contributed by atoms with E-state index in [2.05, 4.69) is 20.1 Å². The van der Waals surface area contributed by atoms with E-state index in [1.54, 1.807) is 0 Å². The van der Waals surface area contributed by atoms with Crippen molar-refractivity contribution < 1.29 is 0 Å². The van der Waals surface area contributed by atoms with Gasteiger partial charge in [0, 0.05) is 16.4 Å². The van der Waals surface area contributed by atoms with Gasteiger partial charge in [-0.2, -0.15) is 0 Å². The van der Waals surface area contributed by atoms with Crippen LogP contribution in [-0.4, -0.2) is 6.54 Å². The van der Waals surface area contributed by atoms with Gasteiger partial charge in [0.25, 0.3) is 0 Å². The molecule has 1 rings (SSSR count). The monoisotopic (exact) mass is 202 g/mol. The normalized spacial score (nSPS) is 11.0. The van der Waals surface area contributed by atoms with Crippen LogP contribution in [0.15, 0.2) is 34.5 Å². The van der Waals surface area contributed by atoms with Crippen molar-refractivity contribution in [3.05, 3.63) is 56.3 Å². The molecular formula is C9H10N6. The third-order valence-corrected chi connectivity index (χ3v) is 2.06. The van der Waals surface area contributed by atoms with Crippen molar-refractivity contribution in [2.75, 3.05) is 6.54 Å². The smallest absolute Gasteiger partial charge is 0.0683 e. The second-order valence-electron chi connectivity index (χ2n) is 2.99. The fraction of sp³-hybridized carbons (Fsp3) is 0.333. The molecule has 0 radical (unpaired) electrons. The van der Waals surface area contributed by atoms with Crippen LogP contribution in [0.25, 0.3) is 20.9 Å². The molecule has 0 aliphatic heterocycles. The molecule has 1 aromatic rings. The lowest BCUT2D eigenvalue weighted by Crippen LogP contribution is -2.00. The number of rotatable bonds is 4. The Balaban J connectivity index is 3.03. The molecule has 0 aliphatic rings. The second-order valence-corrected chi connectivity index (χ2v) is 2.99. The topological polar surface area (TPSA) is 97.5 Å². The van der Waals surface area contributed by atoms with E-state index in [0.29, 0.717) is 0 Å². The molecule has 0 N–H and O–H groups in total. The number of azide groups is 2. The minimum atomic E-state index is -0.424. The molecule has 1 atom stereocenters. The molecule has 0 aliphatic carbocycles. The molecule has 0 bridgehead atoms. The summed E-state index contributed by atoms with van der Waals surface area (Å²) < 4.78 is 0. The van der Waals surface area contributed by atoms with Crippen molar-refractivity contribution in [1.29, 1.82) is 0 Å². The highest BCUT2D eigenvalue weighted by Gasteiger charge is 2.09. The van der Waals surface area contributed by atoms with Crippen LogP contribution in [0.5, 0.6) is 0 Å². The highest BCUT2D eigenvalue weighted by molar-refractivity contribution is 5.29. The van der Waals surface area contributed by atoms with E-state index >= 15 is 0 Å². The largest absolute Gasteiger partial charge is 0.0932 e. The zero-order chi connectivity index (χ0) is 11.1. The van der Waals surface area contributed by atoms with Crippen molar-refractivity contribution in [3.63, 3.8) is 0 Å². The molecule has 0 aromatic heterocycles. The third kappa shape index (κ3) is 2.91. The van der Waals surface area contributed by atoms with Crippen LogP contribution in [0.3, 0.4) is 0 Å². The number of aryl methyl sites for hydroxylation is 1. The third-order valence-electron chi connectivity index (χ3n) is 2.06. The number of hydrogen-bond donors (Lipinski definition) is 0. The Kier molecular flexibility index (Phi) is 4.04. The molecule has 1 unspecified atom stereocenters. The summed E-state index contributed by atoms with van der Waals surface area (Å²) in [5, 5.41) is 7.03. The van der Waals surface area contributed by atoms with Crippen LogP contribution in [0.2, 0.25) is 0 Å². The van der Waals surface area contributed by atoms with Crippen molar-refractivity contribution in [2.45, 2.75) is 13.0 Å². The number of nitrogens with zero attached hydrogens (tertiary/aromatic N) is 6. The Morgan fingerprint density at radius 2 is 2.00 bits per heavy atom. The molecule has 76 valence electrons. The SMILES string of the molecule is Cc1ccccc1C(CN=[N+]=[N-])N=[N+]=[N-]. The molecule has 15 heavy (non-hydrogen) atoms. The fourth-order valence-corrected chi connectivity index (χ4v) is 1.33. The first kappa shape index (κ1) is 10.9. The Bertz CT molecular complexity index is 428. The van der Waals surface area contributed by atoms with E-state index < -0.39 is 6.04 Å². The first-order chi connectivity index (χ1) is 7.29. The predicted octanol–water partition coefficient (Wildman–Crippen LogP) is 3.66. The van der Waals surface area contributed by atoms with E-state index in [-0.39, 0.29) is 6.54 Å². The molecule has 0 saturated carbocycles. The van der Waals surface area contributed by atoms with Crippen LogP contribution < -0.4 is 0 Å². The molecule has 0 spiro atoms. The zero-order valence-corrected chi connectivity index (χ0v) is 8.28. The molecule has 0 fully saturated rings. The molecule has 6 heteroatoms. The summed E-state index contributed by atoms with van der Waals surface area (Å²) in [6, 6.07) is 7.12. The van der Waals surface area contributed by atoms with Gasteiger partial charge >= 0.3 is 0 Å². The summed E-state index contributed by atoms with van der Waals surface area (Å²) in [6.45, 7) is 2.07. The van der Waals surface area contributed by atoms with Crippen LogP contribution in [0.1, 0.15) is 17.2 Å². The van der Waals surface area contributed by atoms with Crippen molar-refractivity contribution in [3.8, 4) is 0 Å². The highest BCUT2D eigenvalue weighted by Crippen LogP contribution is 2.21. The lowest BCUT2D eigenvalue weighted by molar-refractivity contribution is 0.722. The van der Waals surface area contributed by atoms with E-state index in [0.717, 1.165) is 11.1 Å². The van der Waals surface area contributed by atoms with Gasteiger partial charge in [0.1, 0.15) is 0 Å². The van der Waals surface area contributed by atoms with Crippen molar-refractivity contribution in [2.24, 2.45) is 10.2 Å². The average molecular weight is 202 g/mol. The van der Waals surface area contributed by atoms with Gasteiger partial charge in [-0.3, -0.25) is 0 Å². The quantitative estimate of drug-likeness (QED) is 0.404. The van der Waals surface area contributed by atoms with Gasteiger partial charge in [-0.25, -0.2) is 0 Å². The summed E-state index contributed by atoms with van der Waals surface area (Å²) in [4.78, 5) is 5.40. The Morgan fingerprint density at radius 1 is 1.27 bits per heavy atom. The van der Waals surface area contributed by atoms with Gasteiger partial charge in [-0.15, -0.1) is 0 Å². The van der Waals surface area contributed by atoms with Gasteiger partial charge in [0.2, 0.25) is 0 Å². The predicted molar refractivity (Wildman–Crippen MR) is 57.1 cm³/mol. The summed E-state index contributed by atoms with van der Waals surface area (Å²) in [5.74, 6) is 0. The molecule has 0 heterocycles.